The van der Waals surface area contributed by atoms with E-state index in [2.05, 4.69) is 19.9 Å². The molecule has 8 aliphatic rings. The quantitative estimate of drug-likeness (QED) is 0.154. The number of allylic oxidation sites excluding steroid dienone is 1. The minimum absolute atomic E-state index is 0.0710. The Bertz CT molecular complexity index is 1420. The molecular weight excluding hydrogens is 708 g/mol. The molecule has 0 unspecified atom stereocenters. The summed E-state index contributed by atoms with van der Waals surface area (Å²) in [7, 11) is 0. The van der Waals surface area contributed by atoms with Crippen molar-refractivity contribution < 1.29 is 74.4 Å². The topological polar surface area (TPSA) is 237 Å². The number of aliphatic hydroxyl groups is 9. The average Bonchev–Trinajstić information content (AvgIpc) is 3.52. The van der Waals surface area contributed by atoms with Gasteiger partial charge < -0.3 is 74.4 Å². The number of ether oxygens (including phenoxy) is 6. The summed E-state index contributed by atoms with van der Waals surface area (Å²) in [5.41, 5.74) is -0.445. The van der Waals surface area contributed by atoms with E-state index in [0.717, 1.165) is 25.7 Å². The molecule has 15 nitrogen and oxygen atoms in total. The Kier molecular flexibility index (Phi) is 10.5. The van der Waals surface area contributed by atoms with Gasteiger partial charge in [-0.15, -0.1) is 0 Å². The van der Waals surface area contributed by atoms with E-state index in [1.165, 1.54) is 12.5 Å². The van der Waals surface area contributed by atoms with Crippen molar-refractivity contribution in [2.45, 2.75) is 170 Å². The van der Waals surface area contributed by atoms with Gasteiger partial charge in [0.25, 0.3) is 0 Å². The highest BCUT2D eigenvalue weighted by molar-refractivity contribution is 5.29. The molecule has 4 saturated heterocycles. The predicted octanol–water partition coefficient (Wildman–Crippen LogP) is -0.552. The molecule has 0 bridgehead atoms. The first-order chi connectivity index (χ1) is 25.5. The van der Waals surface area contributed by atoms with Gasteiger partial charge in [-0.2, -0.15) is 0 Å². The van der Waals surface area contributed by atoms with Crippen LogP contribution in [0, 0.1) is 40.4 Å². The molecule has 4 heterocycles. The van der Waals surface area contributed by atoms with Gasteiger partial charge in [0, 0.05) is 23.9 Å². The lowest BCUT2D eigenvalue weighted by Gasteiger charge is -2.60. The third-order valence-corrected chi connectivity index (χ3v) is 16.0. The molecule has 8 rings (SSSR count). The van der Waals surface area contributed by atoms with E-state index < -0.39 is 103 Å². The van der Waals surface area contributed by atoms with E-state index in [1.54, 1.807) is 0 Å². The Morgan fingerprint density at radius 1 is 0.815 bits per heavy atom. The van der Waals surface area contributed by atoms with Crippen molar-refractivity contribution in [2.24, 2.45) is 40.4 Å². The Labute approximate surface area is 316 Å². The fourth-order valence-corrected chi connectivity index (χ4v) is 12.6. The van der Waals surface area contributed by atoms with Crippen molar-refractivity contribution in [2.75, 3.05) is 19.8 Å². The van der Waals surface area contributed by atoms with E-state index in [9.17, 15) is 46.0 Å². The lowest BCUT2D eigenvalue weighted by molar-refractivity contribution is -0.369. The van der Waals surface area contributed by atoms with E-state index in [-0.39, 0.29) is 36.6 Å². The zero-order valence-corrected chi connectivity index (χ0v) is 31.7. The molecule has 15 heteroatoms. The standard InChI is InChI=1S/C39H62O15/c1-17-28(43)30(45)32(47)34(50-17)53-33-31(46)29(44)25(15-41)52-35(33)51-21-7-9-36(3)20(12-21)5-6-22-23(36)8-10-37(4)24(22)13-27-38(37,48)18(2)39(54-27)26(42)11-19(14-40)16-49-39/h5,17-19,21-35,40-48H,6-16H2,1-4H3/t17-,18-,19-,21-,22+,23-,24-,25+,26+,27-,28-,29+,30+,31-,32+,33+,34-,35+,36-,37-,38+,39-/m0/s1. The normalized spacial score (nSPS) is 58.6. The SMILES string of the molecule is C[C@@H]1O[C@@H](O[C@H]2[C@H](O[C@H]3CC[C@@]4(C)C(=CC[C@@H]5[C@@H]4CC[C@@]4(C)[C@H]5C[C@@H]5O[C@@]6(OC[C@H](CO)C[C@H]6O)[C@@H](C)[C@@]54O)C3)O[C@H](CO)[C@@H](O)[C@@H]2O)[C@H](O)[C@H](O)[C@H]1O. The van der Waals surface area contributed by atoms with Crippen LogP contribution < -0.4 is 0 Å². The van der Waals surface area contributed by atoms with Gasteiger partial charge in [-0.1, -0.05) is 32.4 Å². The minimum atomic E-state index is -1.65. The largest absolute Gasteiger partial charge is 0.396 e. The third kappa shape index (κ3) is 5.70. The smallest absolute Gasteiger partial charge is 0.200 e. The molecule has 0 aromatic carbocycles. The van der Waals surface area contributed by atoms with Crippen LogP contribution in [0.15, 0.2) is 11.6 Å². The molecule has 9 N–H and O–H groups in total. The van der Waals surface area contributed by atoms with Crippen molar-refractivity contribution in [3.05, 3.63) is 11.6 Å². The summed E-state index contributed by atoms with van der Waals surface area (Å²) >= 11 is 0. The van der Waals surface area contributed by atoms with Gasteiger partial charge in [0.05, 0.1) is 31.5 Å². The molecular formula is C39H62O15. The van der Waals surface area contributed by atoms with Crippen LogP contribution in [0.3, 0.4) is 0 Å². The molecule has 0 radical (unpaired) electrons. The molecule has 0 aromatic heterocycles. The molecule has 3 saturated carbocycles. The summed E-state index contributed by atoms with van der Waals surface area (Å²) in [5, 5.41) is 96.6. The van der Waals surface area contributed by atoms with Gasteiger partial charge >= 0.3 is 0 Å². The minimum Gasteiger partial charge on any atom is -0.396 e. The second-order valence-electron chi connectivity index (χ2n) is 18.4. The van der Waals surface area contributed by atoms with Gasteiger partial charge in [0.1, 0.15) is 54.4 Å². The van der Waals surface area contributed by atoms with Crippen LogP contribution in [0.25, 0.3) is 0 Å². The summed E-state index contributed by atoms with van der Waals surface area (Å²) < 4.78 is 36.9. The van der Waals surface area contributed by atoms with Gasteiger partial charge in [-0.25, -0.2) is 0 Å². The maximum Gasteiger partial charge on any atom is 0.200 e. The summed E-state index contributed by atoms with van der Waals surface area (Å²) in [6.07, 6.45) is -7.48. The highest BCUT2D eigenvalue weighted by Gasteiger charge is 2.77. The van der Waals surface area contributed by atoms with Gasteiger partial charge in [0.15, 0.2) is 18.4 Å². The van der Waals surface area contributed by atoms with E-state index in [0.29, 0.717) is 37.5 Å². The highest BCUT2D eigenvalue weighted by Crippen LogP contribution is 2.72. The first-order valence-corrected chi connectivity index (χ1v) is 20.2. The summed E-state index contributed by atoms with van der Waals surface area (Å²) in [6.45, 7) is 7.64. The molecule has 4 aliphatic heterocycles. The van der Waals surface area contributed by atoms with Crippen LogP contribution in [0.5, 0.6) is 0 Å². The maximum atomic E-state index is 12.7. The van der Waals surface area contributed by atoms with Gasteiger partial charge in [-0.3, -0.25) is 0 Å². The zero-order valence-electron chi connectivity index (χ0n) is 31.7. The van der Waals surface area contributed by atoms with Crippen molar-refractivity contribution in [1.29, 1.82) is 0 Å². The van der Waals surface area contributed by atoms with E-state index in [4.69, 9.17) is 28.4 Å². The molecule has 54 heavy (non-hydrogen) atoms. The monoisotopic (exact) mass is 770 g/mol. The zero-order chi connectivity index (χ0) is 38.7. The molecule has 0 amide bonds. The fourth-order valence-electron chi connectivity index (χ4n) is 12.6. The lowest BCUT2D eigenvalue weighted by atomic mass is 9.46. The summed E-state index contributed by atoms with van der Waals surface area (Å²) in [6, 6.07) is 0. The first kappa shape index (κ1) is 39.9. The highest BCUT2D eigenvalue weighted by atomic mass is 16.8. The second kappa shape index (κ2) is 14.2. The third-order valence-electron chi connectivity index (χ3n) is 16.0. The van der Waals surface area contributed by atoms with Crippen LogP contribution in [0.2, 0.25) is 0 Å². The molecule has 308 valence electrons. The van der Waals surface area contributed by atoms with Crippen molar-refractivity contribution >= 4 is 0 Å². The van der Waals surface area contributed by atoms with Crippen LogP contribution in [0.4, 0.5) is 0 Å². The second-order valence-corrected chi connectivity index (χ2v) is 18.4. The average molecular weight is 771 g/mol. The summed E-state index contributed by atoms with van der Waals surface area (Å²) in [5.74, 6) is -1.01. The Morgan fingerprint density at radius 2 is 1.57 bits per heavy atom. The number of rotatable bonds is 6. The Balaban J connectivity index is 0.977. The number of hydrogen-bond acceptors (Lipinski definition) is 15. The Morgan fingerprint density at radius 3 is 2.28 bits per heavy atom. The molecule has 4 aliphatic carbocycles. The molecule has 1 spiro atoms. The van der Waals surface area contributed by atoms with Gasteiger partial charge in [-0.05, 0) is 81.5 Å². The molecule has 0 aromatic rings. The summed E-state index contributed by atoms with van der Waals surface area (Å²) in [4.78, 5) is 0. The molecule has 7 fully saturated rings. The fraction of sp³-hybridized carbons (Fsp3) is 0.949. The van der Waals surface area contributed by atoms with Crippen LogP contribution in [0.1, 0.15) is 79.1 Å². The van der Waals surface area contributed by atoms with Crippen LogP contribution >= 0.6 is 0 Å². The number of fused-ring (bicyclic) bond motifs is 7. The first-order valence-electron chi connectivity index (χ1n) is 20.2. The lowest BCUT2D eigenvalue weighted by Crippen LogP contribution is -2.64. The Hall–Kier alpha value is -0.860. The maximum absolute atomic E-state index is 12.7. The predicted molar refractivity (Wildman–Crippen MR) is 186 cm³/mol. The van der Waals surface area contributed by atoms with E-state index in [1.807, 2.05) is 6.92 Å². The number of hydrogen-bond donors (Lipinski definition) is 9. The van der Waals surface area contributed by atoms with E-state index >= 15 is 0 Å². The van der Waals surface area contributed by atoms with Crippen molar-refractivity contribution in [1.82, 2.24) is 0 Å². The number of aliphatic hydroxyl groups excluding tert-OH is 8. The van der Waals surface area contributed by atoms with Gasteiger partial charge in [0.2, 0.25) is 0 Å². The van der Waals surface area contributed by atoms with Crippen LogP contribution in [-0.4, -0.2) is 157 Å². The van der Waals surface area contributed by atoms with Crippen molar-refractivity contribution in [3.8, 4) is 0 Å². The van der Waals surface area contributed by atoms with Crippen LogP contribution in [-0.2, 0) is 28.4 Å². The molecule has 22 atom stereocenters. The van der Waals surface area contributed by atoms with Crippen molar-refractivity contribution in [3.63, 3.8) is 0 Å².